The van der Waals surface area contributed by atoms with E-state index in [1.165, 1.54) is 11.0 Å². The number of furan rings is 1. The number of benzene rings is 2. The van der Waals surface area contributed by atoms with Gasteiger partial charge < -0.3 is 14.1 Å². The molecule has 2 aromatic carbocycles. The molecule has 1 aliphatic rings. The number of hydrogen-bond acceptors (Lipinski definition) is 5. The fourth-order valence-corrected chi connectivity index (χ4v) is 3.71. The molecular weight excluding hydrogens is 408 g/mol. The van der Waals surface area contributed by atoms with E-state index in [2.05, 4.69) is 0 Å². The Morgan fingerprint density at radius 3 is 2.47 bits per heavy atom. The van der Waals surface area contributed by atoms with Crippen molar-refractivity contribution in [3.8, 4) is 0 Å². The molecule has 0 saturated carbocycles. The molecule has 0 bridgehead atoms. The van der Waals surface area contributed by atoms with Gasteiger partial charge in [0, 0.05) is 31.5 Å². The van der Waals surface area contributed by atoms with Gasteiger partial charge in [-0.2, -0.15) is 0 Å². The zero-order valence-electron chi connectivity index (χ0n) is 18.0. The van der Waals surface area contributed by atoms with Crippen LogP contribution in [-0.4, -0.2) is 42.9 Å². The molecule has 0 saturated heterocycles. The van der Waals surface area contributed by atoms with Crippen LogP contribution in [0.4, 0.5) is 5.69 Å². The van der Waals surface area contributed by atoms with Crippen LogP contribution in [0.3, 0.4) is 0 Å². The maximum Gasteiger partial charge on any atom is 0.261 e. The summed E-state index contributed by atoms with van der Waals surface area (Å²) in [7, 11) is 1.57. The van der Waals surface area contributed by atoms with Gasteiger partial charge >= 0.3 is 0 Å². The first-order valence-corrected chi connectivity index (χ1v) is 10.4. The molecule has 0 atom stereocenters. The lowest BCUT2D eigenvalue weighted by molar-refractivity contribution is 0.0638. The van der Waals surface area contributed by atoms with Gasteiger partial charge in [0.1, 0.15) is 5.76 Å². The zero-order valence-corrected chi connectivity index (χ0v) is 18.0. The molecule has 0 spiro atoms. The lowest BCUT2D eigenvalue weighted by Crippen LogP contribution is -2.31. The minimum absolute atomic E-state index is 0.238. The zero-order chi connectivity index (χ0) is 22.7. The average molecular weight is 432 g/mol. The summed E-state index contributed by atoms with van der Waals surface area (Å²) in [5, 5.41) is 0. The summed E-state index contributed by atoms with van der Waals surface area (Å²) in [6, 6.07) is 15.8. The first-order valence-electron chi connectivity index (χ1n) is 10.4. The molecule has 2 heterocycles. The van der Waals surface area contributed by atoms with Crippen molar-refractivity contribution in [1.82, 2.24) is 4.90 Å². The summed E-state index contributed by atoms with van der Waals surface area (Å²) in [6.45, 7) is 2.94. The molecule has 3 amide bonds. The Hall–Kier alpha value is -3.71. The number of aryl methyl sites for hydroxylation is 1. The molecule has 7 nitrogen and oxygen atoms in total. The van der Waals surface area contributed by atoms with E-state index in [9.17, 15) is 14.4 Å². The number of carbonyl (C=O) groups is 3. The Kier molecular flexibility index (Phi) is 6.18. The molecule has 164 valence electrons. The number of fused-ring (bicyclic) bond motifs is 1. The molecule has 0 aliphatic carbocycles. The van der Waals surface area contributed by atoms with Crippen LogP contribution in [-0.2, 0) is 11.3 Å². The van der Waals surface area contributed by atoms with E-state index in [4.69, 9.17) is 9.15 Å². The van der Waals surface area contributed by atoms with Gasteiger partial charge in [-0.05, 0) is 55.8 Å². The number of hydrogen-bond donors (Lipinski definition) is 0. The SMILES string of the molecule is COCCCN1C(=O)c2ccc(C(=O)N(Cc3ccco3)c3ccc(C)cc3)cc2C1=O. The highest BCUT2D eigenvalue weighted by Gasteiger charge is 2.36. The topological polar surface area (TPSA) is 80.1 Å². The third kappa shape index (κ3) is 4.20. The summed E-state index contributed by atoms with van der Waals surface area (Å²) in [4.78, 5) is 41.8. The van der Waals surface area contributed by atoms with Gasteiger partial charge in [0.15, 0.2) is 0 Å². The first-order chi connectivity index (χ1) is 15.5. The van der Waals surface area contributed by atoms with Crippen LogP contribution < -0.4 is 4.90 Å². The summed E-state index contributed by atoms with van der Waals surface area (Å²) >= 11 is 0. The molecule has 0 fully saturated rings. The maximum atomic E-state index is 13.5. The van der Waals surface area contributed by atoms with Crippen LogP contribution in [0.2, 0.25) is 0 Å². The number of methoxy groups -OCH3 is 1. The Balaban J connectivity index is 1.63. The van der Waals surface area contributed by atoms with E-state index in [0.29, 0.717) is 35.6 Å². The van der Waals surface area contributed by atoms with Crippen molar-refractivity contribution in [3.63, 3.8) is 0 Å². The first kappa shape index (κ1) is 21.5. The molecule has 0 radical (unpaired) electrons. The predicted octanol–water partition coefficient (Wildman–Crippen LogP) is 4.07. The van der Waals surface area contributed by atoms with Crippen molar-refractivity contribution >= 4 is 23.4 Å². The monoisotopic (exact) mass is 432 g/mol. The highest BCUT2D eigenvalue weighted by Crippen LogP contribution is 2.27. The lowest BCUT2D eigenvalue weighted by atomic mass is 10.0. The number of amides is 3. The third-order valence-corrected chi connectivity index (χ3v) is 5.43. The summed E-state index contributed by atoms with van der Waals surface area (Å²) in [5.74, 6) is -0.378. The Morgan fingerprint density at radius 1 is 1.03 bits per heavy atom. The maximum absolute atomic E-state index is 13.5. The molecule has 3 aromatic rings. The van der Waals surface area contributed by atoms with E-state index in [1.54, 1.807) is 42.5 Å². The average Bonchev–Trinajstić information content (AvgIpc) is 3.40. The fourth-order valence-electron chi connectivity index (χ4n) is 3.71. The number of ether oxygens (including phenoxy) is 1. The number of nitrogens with zero attached hydrogens (tertiary/aromatic N) is 2. The van der Waals surface area contributed by atoms with E-state index >= 15 is 0 Å². The normalized spacial score (nSPS) is 12.9. The minimum atomic E-state index is -0.385. The van der Waals surface area contributed by atoms with E-state index in [0.717, 1.165) is 5.56 Å². The minimum Gasteiger partial charge on any atom is -0.467 e. The van der Waals surface area contributed by atoms with E-state index < -0.39 is 0 Å². The summed E-state index contributed by atoms with van der Waals surface area (Å²) in [5.41, 5.74) is 2.68. The Bertz CT molecular complexity index is 1140. The van der Waals surface area contributed by atoms with Crippen LogP contribution in [0.5, 0.6) is 0 Å². The number of rotatable bonds is 8. The van der Waals surface area contributed by atoms with Crippen molar-refractivity contribution < 1.29 is 23.5 Å². The van der Waals surface area contributed by atoms with Gasteiger partial charge in [0.05, 0.1) is 23.9 Å². The molecule has 1 aliphatic heterocycles. The summed E-state index contributed by atoms with van der Waals surface area (Å²) in [6.07, 6.45) is 2.11. The molecule has 4 rings (SSSR count). The largest absolute Gasteiger partial charge is 0.467 e. The molecule has 32 heavy (non-hydrogen) atoms. The fraction of sp³-hybridized carbons (Fsp3) is 0.240. The molecular formula is C25H24N2O5. The highest BCUT2D eigenvalue weighted by molar-refractivity contribution is 6.22. The Labute approximate surface area is 186 Å². The van der Waals surface area contributed by atoms with Crippen LogP contribution in [0.15, 0.2) is 65.3 Å². The van der Waals surface area contributed by atoms with Crippen molar-refractivity contribution in [2.24, 2.45) is 0 Å². The predicted molar refractivity (Wildman–Crippen MR) is 119 cm³/mol. The second-order valence-corrected chi connectivity index (χ2v) is 7.67. The van der Waals surface area contributed by atoms with Crippen LogP contribution >= 0.6 is 0 Å². The summed E-state index contributed by atoms with van der Waals surface area (Å²) < 4.78 is 10.5. The van der Waals surface area contributed by atoms with Crippen LogP contribution in [0.25, 0.3) is 0 Å². The van der Waals surface area contributed by atoms with Gasteiger partial charge in [-0.1, -0.05) is 17.7 Å². The standard InChI is InChI=1S/C25H24N2O5/c1-17-6-9-19(10-7-17)27(16-20-5-3-14-32-20)23(28)18-8-11-21-22(15-18)25(30)26(24(21)29)12-4-13-31-2/h3,5-11,14-15H,4,12-13,16H2,1-2H3. The van der Waals surface area contributed by atoms with Gasteiger partial charge in [-0.25, -0.2) is 0 Å². The van der Waals surface area contributed by atoms with E-state index in [1.807, 2.05) is 31.2 Å². The van der Waals surface area contributed by atoms with E-state index in [-0.39, 0.29) is 36.4 Å². The molecule has 7 heteroatoms. The lowest BCUT2D eigenvalue weighted by Gasteiger charge is -2.22. The molecule has 1 aromatic heterocycles. The van der Waals surface area contributed by atoms with Gasteiger partial charge in [-0.15, -0.1) is 0 Å². The second-order valence-electron chi connectivity index (χ2n) is 7.67. The molecule has 0 unspecified atom stereocenters. The van der Waals surface area contributed by atoms with Crippen molar-refractivity contribution in [2.45, 2.75) is 19.9 Å². The van der Waals surface area contributed by atoms with Gasteiger partial charge in [0.2, 0.25) is 0 Å². The third-order valence-electron chi connectivity index (χ3n) is 5.43. The van der Waals surface area contributed by atoms with Crippen molar-refractivity contribution in [3.05, 3.63) is 88.9 Å². The Morgan fingerprint density at radius 2 is 1.78 bits per heavy atom. The van der Waals surface area contributed by atoms with Crippen molar-refractivity contribution in [1.29, 1.82) is 0 Å². The number of imide groups is 1. The number of carbonyl (C=O) groups excluding carboxylic acids is 3. The quantitative estimate of drug-likeness (QED) is 0.396. The highest BCUT2D eigenvalue weighted by atomic mass is 16.5. The van der Waals surface area contributed by atoms with Crippen molar-refractivity contribution in [2.75, 3.05) is 25.2 Å². The van der Waals surface area contributed by atoms with Crippen LogP contribution in [0.1, 0.15) is 48.8 Å². The number of anilines is 1. The van der Waals surface area contributed by atoms with Gasteiger partial charge in [-0.3, -0.25) is 19.3 Å². The molecule has 0 N–H and O–H groups in total. The smallest absolute Gasteiger partial charge is 0.261 e. The second kappa shape index (κ2) is 9.20. The van der Waals surface area contributed by atoms with Gasteiger partial charge in [0.25, 0.3) is 17.7 Å². The van der Waals surface area contributed by atoms with Crippen LogP contribution in [0, 0.1) is 6.92 Å².